The number of imidazole rings is 1. The molecular formula is C11H9FN2O. The van der Waals surface area contributed by atoms with Crippen LogP contribution < -0.4 is 0 Å². The average Bonchev–Trinajstić information content (AvgIpc) is 2.64. The van der Waals surface area contributed by atoms with Gasteiger partial charge in [-0.25, -0.2) is 9.37 Å². The first-order chi connectivity index (χ1) is 7.16. The van der Waals surface area contributed by atoms with Gasteiger partial charge in [0.1, 0.15) is 11.5 Å². The van der Waals surface area contributed by atoms with Gasteiger partial charge in [-0.2, -0.15) is 0 Å². The lowest BCUT2D eigenvalue weighted by molar-refractivity contribution is 0.103. The predicted molar refractivity (Wildman–Crippen MR) is 53.0 cm³/mol. The highest BCUT2D eigenvalue weighted by Crippen LogP contribution is 2.09. The third kappa shape index (κ3) is 1.93. The smallest absolute Gasteiger partial charge is 0.213 e. The van der Waals surface area contributed by atoms with Gasteiger partial charge in [-0.05, 0) is 12.1 Å². The fraction of sp³-hybridized carbons (Fsp3) is 0.0909. The number of carbonyl (C=O) groups excluding carboxylic acids is 1. The number of hydrogen-bond acceptors (Lipinski definition) is 2. The van der Waals surface area contributed by atoms with Gasteiger partial charge in [0, 0.05) is 18.8 Å². The van der Waals surface area contributed by atoms with Gasteiger partial charge in [-0.15, -0.1) is 0 Å². The summed E-state index contributed by atoms with van der Waals surface area (Å²) in [4.78, 5) is 15.7. The van der Waals surface area contributed by atoms with E-state index in [1.165, 1.54) is 24.5 Å². The zero-order valence-electron chi connectivity index (χ0n) is 8.14. The quantitative estimate of drug-likeness (QED) is 0.699. The first-order valence-electron chi connectivity index (χ1n) is 4.45. The van der Waals surface area contributed by atoms with E-state index in [9.17, 15) is 9.18 Å². The lowest BCUT2D eigenvalue weighted by atomic mass is 10.1. The van der Waals surface area contributed by atoms with Crippen LogP contribution in [0.15, 0.2) is 36.8 Å². The van der Waals surface area contributed by atoms with Crippen LogP contribution in [0.2, 0.25) is 0 Å². The van der Waals surface area contributed by atoms with E-state index in [2.05, 4.69) is 4.98 Å². The minimum atomic E-state index is -0.420. The molecule has 0 aliphatic rings. The Morgan fingerprint density at radius 1 is 1.47 bits per heavy atom. The van der Waals surface area contributed by atoms with Crippen molar-refractivity contribution in [2.45, 2.75) is 0 Å². The van der Waals surface area contributed by atoms with Gasteiger partial charge in [0.15, 0.2) is 0 Å². The zero-order valence-corrected chi connectivity index (χ0v) is 8.14. The van der Waals surface area contributed by atoms with Crippen molar-refractivity contribution in [2.75, 3.05) is 0 Å². The van der Waals surface area contributed by atoms with E-state index < -0.39 is 5.82 Å². The van der Waals surface area contributed by atoms with Crippen LogP contribution >= 0.6 is 0 Å². The Kier molecular flexibility index (Phi) is 2.33. The summed E-state index contributed by atoms with van der Waals surface area (Å²) in [5.41, 5.74) is 0.636. The van der Waals surface area contributed by atoms with Crippen molar-refractivity contribution >= 4 is 5.78 Å². The van der Waals surface area contributed by atoms with Gasteiger partial charge in [-0.3, -0.25) is 4.79 Å². The highest BCUT2D eigenvalue weighted by atomic mass is 19.1. The fourth-order valence-electron chi connectivity index (χ4n) is 1.31. The molecule has 15 heavy (non-hydrogen) atoms. The molecule has 0 spiro atoms. The molecule has 0 atom stereocenters. The van der Waals surface area contributed by atoms with Crippen molar-refractivity contribution in [3.63, 3.8) is 0 Å². The molecule has 0 amide bonds. The summed E-state index contributed by atoms with van der Waals surface area (Å²) >= 11 is 0. The van der Waals surface area contributed by atoms with E-state index in [1.807, 2.05) is 0 Å². The van der Waals surface area contributed by atoms with Crippen LogP contribution in [0.1, 0.15) is 16.1 Å². The molecule has 0 saturated heterocycles. The van der Waals surface area contributed by atoms with Crippen LogP contribution in [0.3, 0.4) is 0 Å². The van der Waals surface area contributed by atoms with Gasteiger partial charge < -0.3 is 4.57 Å². The number of halogens is 1. The Morgan fingerprint density at radius 2 is 2.27 bits per heavy atom. The van der Waals surface area contributed by atoms with Crippen LogP contribution in [0.5, 0.6) is 0 Å². The van der Waals surface area contributed by atoms with Crippen LogP contribution in [-0.4, -0.2) is 15.3 Å². The summed E-state index contributed by atoms with van der Waals surface area (Å²) in [5.74, 6) is -0.688. The molecule has 76 valence electrons. The third-order valence-corrected chi connectivity index (χ3v) is 2.02. The van der Waals surface area contributed by atoms with Gasteiger partial charge in [0.25, 0.3) is 0 Å². The minimum Gasteiger partial charge on any atom is -0.340 e. The number of aryl methyl sites for hydroxylation is 1. The monoisotopic (exact) mass is 204 g/mol. The summed E-state index contributed by atoms with van der Waals surface area (Å²) in [6.45, 7) is 0. The lowest BCUT2D eigenvalue weighted by Gasteiger charge is -1.96. The van der Waals surface area contributed by atoms with Crippen LogP contribution in [-0.2, 0) is 7.05 Å². The first kappa shape index (κ1) is 9.58. The van der Waals surface area contributed by atoms with E-state index >= 15 is 0 Å². The Bertz CT molecular complexity index is 505. The molecule has 2 rings (SSSR count). The molecule has 1 heterocycles. The van der Waals surface area contributed by atoms with Crippen LogP contribution in [0, 0.1) is 5.82 Å². The molecule has 0 bridgehead atoms. The molecule has 1 aromatic heterocycles. The summed E-state index contributed by atoms with van der Waals surface area (Å²) in [6, 6.07) is 5.58. The standard InChI is InChI=1S/C11H9FN2O/c1-14-6-10(13-7-14)11(15)8-3-2-4-9(12)5-8/h2-7H,1H3. The fourth-order valence-corrected chi connectivity index (χ4v) is 1.31. The summed E-state index contributed by atoms with van der Waals surface area (Å²) in [7, 11) is 1.77. The third-order valence-electron chi connectivity index (χ3n) is 2.02. The van der Waals surface area contributed by atoms with E-state index in [0.717, 1.165) is 0 Å². The van der Waals surface area contributed by atoms with Crippen molar-refractivity contribution in [1.29, 1.82) is 0 Å². The number of rotatable bonds is 2. The summed E-state index contributed by atoms with van der Waals surface area (Å²) in [6.07, 6.45) is 3.14. The number of benzene rings is 1. The summed E-state index contributed by atoms with van der Waals surface area (Å²) in [5, 5.41) is 0. The molecule has 0 aliphatic heterocycles. The number of carbonyl (C=O) groups is 1. The maximum Gasteiger partial charge on any atom is 0.213 e. The molecule has 0 saturated carbocycles. The van der Waals surface area contributed by atoms with Crippen molar-refractivity contribution in [3.05, 3.63) is 53.9 Å². The van der Waals surface area contributed by atoms with E-state index in [0.29, 0.717) is 11.3 Å². The lowest BCUT2D eigenvalue weighted by Crippen LogP contribution is -2.01. The minimum absolute atomic E-state index is 0.268. The molecule has 0 N–H and O–H groups in total. The maximum absolute atomic E-state index is 12.9. The van der Waals surface area contributed by atoms with Crippen molar-refractivity contribution in [2.24, 2.45) is 7.05 Å². The van der Waals surface area contributed by atoms with Crippen molar-refractivity contribution in [3.8, 4) is 0 Å². The van der Waals surface area contributed by atoms with E-state index in [4.69, 9.17) is 0 Å². The summed E-state index contributed by atoms with van der Waals surface area (Å²) < 4.78 is 14.5. The average molecular weight is 204 g/mol. The van der Waals surface area contributed by atoms with Crippen molar-refractivity contribution in [1.82, 2.24) is 9.55 Å². The van der Waals surface area contributed by atoms with E-state index in [-0.39, 0.29) is 5.78 Å². The number of ketones is 1. The second-order valence-corrected chi connectivity index (χ2v) is 3.26. The van der Waals surface area contributed by atoms with Gasteiger partial charge >= 0.3 is 0 Å². The second-order valence-electron chi connectivity index (χ2n) is 3.26. The topological polar surface area (TPSA) is 34.9 Å². The van der Waals surface area contributed by atoms with E-state index in [1.54, 1.807) is 23.9 Å². The Balaban J connectivity index is 2.36. The van der Waals surface area contributed by atoms with Gasteiger partial charge in [0.05, 0.1) is 6.33 Å². The van der Waals surface area contributed by atoms with Crippen LogP contribution in [0.25, 0.3) is 0 Å². The highest BCUT2D eigenvalue weighted by molar-refractivity contribution is 6.07. The Hall–Kier alpha value is -1.97. The number of nitrogens with zero attached hydrogens (tertiary/aromatic N) is 2. The normalized spacial score (nSPS) is 10.3. The largest absolute Gasteiger partial charge is 0.340 e. The maximum atomic E-state index is 12.9. The molecule has 0 fully saturated rings. The van der Waals surface area contributed by atoms with Crippen LogP contribution in [0.4, 0.5) is 4.39 Å². The molecule has 0 aliphatic carbocycles. The Morgan fingerprint density at radius 3 is 2.87 bits per heavy atom. The molecular weight excluding hydrogens is 195 g/mol. The predicted octanol–water partition coefficient (Wildman–Crippen LogP) is 1.79. The molecule has 4 heteroatoms. The number of hydrogen-bond donors (Lipinski definition) is 0. The first-order valence-corrected chi connectivity index (χ1v) is 4.45. The zero-order chi connectivity index (χ0) is 10.8. The SMILES string of the molecule is Cn1cnc(C(=O)c2cccc(F)c2)c1. The molecule has 0 radical (unpaired) electrons. The Labute approximate surface area is 86.2 Å². The molecule has 1 aromatic carbocycles. The second kappa shape index (κ2) is 3.65. The van der Waals surface area contributed by atoms with Gasteiger partial charge in [0.2, 0.25) is 5.78 Å². The molecule has 3 nitrogen and oxygen atoms in total. The van der Waals surface area contributed by atoms with Crippen molar-refractivity contribution < 1.29 is 9.18 Å². The number of aromatic nitrogens is 2. The molecule has 0 unspecified atom stereocenters. The molecule has 2 aromatic rings. The highest BCUT2D eigenvalue weighted by Gasteiger charge is 2.11. The van der Waals surface area contributed by atoms with Gasteiger partial charge in [-0.1, -0.05) is 12.1 Å².